The second-order valence-electron chi connectivity index (χ2n) is 4.11. The molecule has 1 aliphatic rings. The minimum absolute atomic E-state index is 0.567. The molecule has 2 N–H and O–H groups in total. The molecule has 1 saturated heterocycles. The highest BCUT2D eigenvalue weighted by Crippen LogP contribution is 2.17. The summed E-state index contributed by atoms with van der Waals surface area (Å²) in [7, 11) is 0. The zero-order valence-electron chi connectivity index (χ0n) is 7.97. The Morgan fingerprint density at radius 2 is 2.33 bits per heavy atom. The molecule has 0 aromatic heterocycles. The topological polar surface area (TPSA) is 32.3 Å². The summed E-state index contributed by atoms with van der Waals surface area (Å²) in [5.41, 5.74) is -0.567. The van der Waals surface area contributed by atoms with Crippen molar-refractivity contribution in [3.05, 3.63) is 0 Å². The van der Waals surface area contributed by atoms with Gasteiger partial charge in [0, 0.05) is 18.3 Å². The Morgan fingerprint density at radius 1 is 1.58 bits per heavy atom. The van der Waals surface area contributed by atoms with E-state index < -0.39 is 5.60 Å². The van der Waals surface area contributed by atoms with Gasteiger partial charge < -0.3 is 10.4 Å². The van der Waals surface area contributed by atoms with Crippen LogP contribution in [0.4, 0.5) is 0 Å². The molecule has 1 rings (SSSR count). The molecule has 0 bridgehead atoms. The van der Waals surface area contributed by atoms with Crippen LogP contribution in [0.25, 0.3) is 0 Å². The molecule has 0 aromatic rings. The first-order valence-corrected chi connectivity index (χ1v) is 5.77. The fraction of sp³-hybridized carbons (Fsp3) is 1.00. The number of hydrogen-bond acceptors (Lipinski definition) is 3. The zero-order valence-corrected chi connectivity index (χ0v) is 8.78. The van der Waals surface area contributed by atoms with Crippen LogP contribution >= 0.6 is 11.8 Å². The van der Waals surface area contributed by atoms with Crippen LogP contribution in [0.15, 0.2) is 0 Å². The first kappa shape index (κ1) is 10.4. The Bertz CT molecular complexity index is 127. The van der Waals surface area contributed by atoms with E-state index in [1.54, 1.807) is 0 Å². The lowest BCUT2D eigenvalue weighted by atomic mass is 10.1. The molecular formula is C9H19NOS. The van der Waals surface area contributed by atoms with Crippen LogP contribution in [-0.4, -0.2) is 34.8 Å². The number of nitrogens with one attached hydrogen (secondary N) is 1. The molecule has 0 aliphatic carbocycles. The van der Waals surface area contributed by atoms with Gasteiger partial charge in [0.2, 0.25) is 0 Å². The average Bonchev–Trinajstić information content (AvgIpc) is 2.02. The van der Waals surface area contributed by atoms with Gasteiger partial charge in [-0.15, -0.1) is 0 Å². The molecule has 0 saturated carbocycles. The van der Waals surface area contributed by atoms with Gasteiger partial charge in [-0.3, -0.25) is 0 Å². The minimum atomic E-state index is -0.567. The molecule has 72 valence electrons. The highest BCUT2D eigenvalue weighted by atomic mass is 32.2. The number of aliphatic hydroxyl groups is 1. The SMILES string of the molecule is CC(C)(O)CNC1CCCSC1. The van der Waals surface area contributed by atoms with Crippen molar-refractivity contribution in [1.29, 1.82) is 0 Å². The summed E-state index contributed by atoms with van der Waals surface area (Å²) in [6, 6.07) is 0.621. The lowest BCUT2D eigenvalue weighted by molar-refractivity contribution is 0.0767. The van der Waals surface area contributed by atoms with E-state index in [1.165, 1.54) is 24.3 Å². The fourth-order valence-corrected chi connectivity index (χ4v) is 2.40. The number of rotatable bonds is 3. The summed E-state index contributed by atoms with van der Waals surface area (Å²) < 4.78 is 0. The first-order valence-electron chi connectivity index (χ1n) is 4.61. The van der Waals surface area contributed by atoms with Gasteiger partial charge in [0.1, 0.15) is 0 Å². The van der Waals surface area contributed by atoms with Gasteiger partial charge in [-0.05, 0) is 32.4 Å². The molecule has 1 heterocycles. The van der Waals surface area contributed by atoms with Crippen LogP contribution in [0.3, 0.4) is 0 Å². The summed E-state index contributed by atoms with van der Waals surface area (Å²) in [6.07, 6.45) is 2.58. The van der Waals surface area contributed by atoms with Crippen LogP contribution in [0.2, 0.25) is 0 Å². The molecule has 12 heavy (non-hydrogen) atoms. The van der Waals surface area contributed by atoms with E-state index in [4.69, 9.17) is 0 Å². The molecule has 1 unspecified atom stereocenters. The van der Waals surface area contributed by atoms with Crippen molar-refractivity contribution in [2.24, 2.45) is 0 Å². The first-order chi connectivity index (χ1) is 5.58. The summed E-state index contributed by atoms with van der Waals surface area (Å²) in [4.78, 5) is 0. The van der Waals surface area contributed by atoms with Crippen molar-refractivity contribution in [3.63, 3.8) is 0 Å². The number of hydrogen-bond donors (Lipinski definition) is 2. The van der Waals surface area contributed by atoms with Crippen LogP contribution in [0.1, 0.15) is 26.7 Å². The molecule has 1 aliphatic heterocycles. The largest absolute Gasteiger partial charge is 0.389 e. The molecule has 0 amide bonds. The maximum absolute atomic E-state index is 9.48. The van der Waals surface area contributed by atoms with E-state index in [0.29, 0.717) is 12.6 Å². The van der Waals surface area contributed by atoms with Gasteiger partial charge in [0.25, 0.3) is 0 Å². The Labute approximate surface area is 79.1 Å². The van der Waals surface area contributed by atoms with E-state index in [0.717, 1.165) is 0 Å². The zero-order chi connectivity index (χ0) is 9.03. The molecule has 0 aromatic carbocycles. The van der Waals surface area contributed by atoms with Crippen LogP contribution < -0.4 is 5.32 Å². The fourth-order valence-electron chi connectivity index (χ4n) is 1.30. The summed E-state index contributed by atoms with van der Waals surface area (Å²) >= 11 is 2.01. The smallest absolute Gasteiger partial charge is 0.0715 e. The predicted octanol–water partition coefficient (Wildman–Crippen LogP) is 1.24. The summed E-state index contributed by atoms with van der Waals surface area (Å²) in [6.45, 7) is 4.39. The molecule has 3 heteroatoms. The van der Waals surface area contributed by atoms with Gasteiger partial charge in [0.05, 0.1) is 5.60 Å². The monoisotopic (exact) mass is 189 g/mol. The molecule has 1 atom stereocenters. The molecule has 0 radical (unpaired) electrons. The normalized spacial score (nSPS) is 25.8. The van der Waals surface area contributed by atoms with E-state index in [-0.39, 0.29) is 0 Å². The molecule has 2 nitrogen and oxygen atoms in total. The van der Waals surface area contributed by atoms with Crippen molar-refractivity contribution in [3.8, 4) is 0 Å². The van der Waals surface area contributed by atoms with Crippen LogP contribution in [0, 0.1) is 0 Å². The van der Waals surface area contributed by atoms with Gasteiger partial charge in [-0.25, -0.2) is 0 Å². The molecule has 1 fully saturated rings. The Balaban J connectivity index is 2.13. The highest BCUT2D eigenvalue weighted by molar-refractivity contribution is 7.99. The maximum atomic E-state index is 9.48. The van der Waals surface area contributed by atoms with Gasteiger partial charge in [-0.1, -0.05) is 0 Å². The van der Waals surface area contributed by atoms with Crippen LogP contribution in [0.5, 0.6) is 0 Å². The third kappa shape index (κ3) is 4.33. The van der Waals surface area contributed by atoms with Gasteiger partial charge in [-0.2, -0.15) is 11.8 Å². The van der Waals surface area contributed by atoms with Crippen molar-refractivity contribution in [2.45, 2.75) is 38.3 Å². The standard InChI is InChI=1S/C9H19NOS/c1-9(2,11)7-10-8-4-3-5-12-6-8/h8,10-11H,3-7H2,1-2H3. The van der Waals surface area contributed by atoms with Crippen molar-refractivity contribution < 1.29 is 5.11 Å². The quantitative estimate of drug-likeness (QED) is 0.700. The van der Waals surface area contributed by atoms with Crippen molar-refractivity contribution in [1.82, 2.24) is 5.32 Å². The third-order valence-corrected chi connectivity index (χ3v) is 3.20. The second-order valence-corrected chi connectivity index (χ2v) is 5.26. The van der Waals surface area contributed by atoms with E-state index in [1.807, 2.05) is 25.6 Å². The minimum Gasteiger partial charge on any atom is -0.389 e. The predicted molar refractivity (Wildman–Crippen MR) is 54.6 cm³/mol. The number of thioether (sulfide) groups is 1. The van der Waals surface area contributed by atoms with Crippen LogP contribution in [-0.2, 0) is 0 Å². The third-order valence-electron chi connectivity index (χ3n) is 1.98. The summed E-state index contributed by atoms with van der Waals surface area (Å²) in [5.74, 6) is 2.51. The molecular weight excluding hydrogens is 170 g/mol. The lowest BCUT2D eigenvalue weighted by Gasteiger charge is -2.26. The Morgan fingerprint density at radius 3 is 2.83 bits per heavy atom. The maximum Gasteiger partial charge on any atom is 0.0715 e. The van der Waals surface area contributed by atoms with Gasteiger partial charge >= 0.3 is 0 Å². The van der Waals surface area contributed by atoms with E-state index in [9.17, 15) is 5.11 Å². The van der Waals surface area contributed by atoms with Gasteiger partial charge in [0.15, 0.2) is 0 Å². The van der Waals surface area contributed by atoms with E-state index in [2.05, 4.69) is 5.32 Å². The molecule has 0 spiro atoms. The van der Waals surface area contributed by atoms with Crippen molar-refractivity contribution in [2.75, 3.05) is 18.1 Å². The average molecular weight is 189 g/mol. The lowest BCUT2D eigenvalue weighted by Crippen LogP contribution is -2.42. The van der Waals surface area contributed by atoms with Crippen molar-refractivity contribution >= 4 is 11.8 Å². The highest BCUT2D eigenvalue weighted by Gasteiger charge is 2.17. The second kappa shape index (κ2) is 4.49. The van der Waals surface area contributed by atoms with E-state index >= 15 is 0 Å². The summed E-state index contributed by atoms with van der Waals surface area (Å²) in [5, 5.41) is 12.9. The Hall–Kier alpha value is 0.270. The Kier molecular flexibility index (Phi) is 3.87.